The Bertz CT molecular complexity index is 672. The maximum absolute atomic E-state index is 12.4. The highest BCUT2D eigenvalue weighted by Gasteiger charge is 2.61. The highest BCUT2D eigenvalue weighted by Crippen LogP contribution is 2.60. The molecule has 2 N–H and O–H groups in total. The number of allylic oxidation sites excluding steroid dienone is 2. The number of carboxylic acid groups (broad SMARTS) is 2. The molecule has 2 aliphatic rings. The van der Waals surface area contributed by atoms with Crippen LogP contribution in [0.4, 0.5) is 0 Å². The number of carboxylic acids is 2. The Hall–Kier alpha value is -2.38. The normalized spacial score (nSPS) is 24.8. The van der Waals surface area contributed by atoms with Crippen molar-refractivity contribution in [2.45, 2.75) is 83.8 Å². The van der Waals surface area contributed by atoms with Crippen molar-refractivity contribution >= 4 is 23.9 Å². The van der Waals surface area contributed by atoms with Crippen LogP contribution >= 0.6 is 0 Å². The van der Waals surface area contributed by atoms with Crippen LogP contribution < -0.4 is 0 Å². The number of rotatable bonds is 12. The van der Waals surface area contributed by atoms with Gasteiger partial charge in [0.15, 0.2) is 0 Å². The van der Waals surface area contributed by atoms with Crippen LogP contribution in [0.2, 0.25) is 0 Å². The summed E-state index contributed by atoms with van der Waals surface area (Å²) in [5.41, 5.74) is -1.79. The summed E-state index contributed by atoms with van der Waals surface area (Å²) < 4.78 is 11.8. The number of aliphatic carboxylic acids is 2. The fourth-order valence-corrected chi connectivity index (χ4v) is 5.90. The minimum absolute atomic E-state index is 0.114. The third kappa shape index (κ3) is 4.93. The molecule has 0 heterocycles. The van der Waals surface area contributed by atoms with Gasteiger partial charge in [0.25, 0.3) is 0 Å². The van der Waals surface area contributed by atoms with Crippen LogP contribution in [0.1, 0.15) is 72.6 Å². The zero-order chi connectivity index (χ0) is 23.4. The molecule has 0 saturated heterocycles. The van der Waals surface area contributed by atoms with Gasteiger partial charge in [-0.15, -0.1) is 0 Å². The molecule has 8 nitrogen and oxygen atoms in total. The molecular weight excluding hydrogens is 404 g/mol. The number of fused-ring (bicyclic) bond motifs is 2. The molecule has 0 aliphatic heterocycles. The smallest absolute Gasteiger partial charge is 0.317 e. The highest BCUT2D eigenvalue weighted by atomic mass is 16.6. The summed E-state index contributed by atoms with van der Waals surface area (Å²) in [7, 11) is 0. The standard InChI is InChI=1S/C23H34O8/c1-5-22(6-2,30-18(28)12-16(24)25)20-14-9-10-15(11-14)21(20)23(7-3,8-4)31-19(29)13-17(26)27/h9-10,14-15,20-21H,5-8,11-13H2,1-4H3,(H,24,25)(H,26,27). The van der Waals surface area contributed by atoms with Gasteiger partial charge in [-0.2, -0.15) is 0 Å². The number of hydrogen-bond acceptors (Lipinski definition) is 6. The van der Waals surface area contributed by atoms with Crippen molar-refractivity contribution in [1.29, 1.82) is 0 Å². The number of carbonyl (C=O) groups is 4. The largest absolute Gasteiger partial charge is 0.481 e. The Labute approximate surface area is 183 Å². The molecule has 0 aromatic carbocycles. The molecule has 1 saturated carbocycles. The summed E-state index contributed by atoms with van der Waals surface area (Å²) >= 11 is 0. The zero-order valence-corrected chi connectivity index (χ0v) is 18.8. The van der Waals surface area contributed by atoms with E-state index in [2.05, 4.69) is 12.2 Å². The molecule has 31 heavy (non-hydrogen) atoms. The first-order valence-corrected chi connectivity index (χ1v) is 11.1. The second-order valence-corrected chi connectivity index (χ2v) is 8.63. The maximum atomic E-state index is 12.4. The lowest BCUT2D eigenvalue weighted by molar-refractivity contribution is -0.194. The quantitative estimate of drug-likeness (QED) is 0.269. The Morgan fingerprint density at radius 1 is 0.742 bits per heavy atom. The van der Waals surface area contributed by atoms with E-state index in [1.54, 1.807) is 0 Å². The molecule has 4 unspecified atom stereocenters. The summed E-state index contributed by atoms with van der Waals surface area (Å²) in [5, 5.41) is 18.0. The van der Waals surface area contributed by atoms with Crippen LogP contribution in [-0.2, 0) is 28.7 Å². The van der Waals surface area contributed by atoms with E-state index < -0.39 is 47.9 Å². The van der Waals surface area contributed by atoms with Crippen molar-refractivity contribution in [2.24, 2.45) is 23.7 Å². The van der Waals surface area contributed by atoms with Gasteiger partial charge in [0, 0.05) is 11.8 Å². The van der Waals surface area contributed by atoms with Crippen molar-refractivity contribution in [3.8, 4) is 0 Å². The predicted octanol–water partition coefficient (Wildman–Crippen LogP) is 3.58. The minimum Gasteiger partial charge on any atom is -0.481 e. The summed E-state index contributed by atoms with van der Waals surface area (Å²) in [6, 6.07) is 0. The first-order chi connectivity index (χ1) is 14.6. The minimum atomic E-state index is -1.24. The fraction of sp³-hybridized carbons (Fsp3) is 0.739. The molecule has 4 atom stereocenters. The molecule has 0 amide bonds. The first-order valence-electron chi connectivity index (χ1n) is 11.1. The Morgan fingerprint density at radius 2 is 1.06 bits per heavy atom. The van der Waals surface area contributed by atoms with Gasteiger partial charge in [-0.25, -0.2) is 0 Å². The molecule has 0 aromatic rings. The van der Waals surface area contributed by atoms with Crippen LogP contribution in [0.5, 0.6) is 0 Å². The van der Waals surface area contributed by atoms with Gasteiger partial charge in [-0.05, 0) is 43.9 Å². The van der Waals surface area contributed by atoms with Crippen LogP contribution in [-0.4, -0.2) is 45.3 Å². The first kappa shape index (κ1) is 24.9. The summed E-state index contributed by atoms with van der Waals surface area (Å²) in [6.45, 7) is 7.67. The van der Waals surface area contributed by atoms with E-state index in [4.69, 9.17) is 19.7 Å². The van der Waals surface area contributed by atoms with Gasteiger partial charge in [-0.1, -0.05) is 39.8 Å². The van der Waals surface area contributed by atoms with Crippen LogP contribution in [0.3, 0.4) is 0 Å². The van der Waals surface area contributed by atoms with Crippen LogP contribution in [0.15, 0.2) is 12.2 Å². The molecule has 0 radical (unpaired) electrons. The summed E-state index contributed by atoms with van der Waals surface area (Å²) in [5.74, 6) is -4.12. The highest BCUT2D eigenvalue weighted by molar-refractivity contribution is 5.90. The van der Waals surface area contributed by atoms with E-state index in [-0.39, 0.29) is 23.7 Å². The van der Waals surface area contributed by atoms with Gasteiger partial charge >= 0.3 is 23.9 Å². The van der Waals surface area contributed by atoms with Gasteiger partial charge < -0.3 is 19.7 Å². The van der Waals surface area contributed by atoms with E-state index in [0.29, 0.717) is 25.7 Å². The van der Waals surface area contributed by atoms with Crippen molar-refractivity contribution < 1.29 is 38.9 Å². The zero-order valence-electron chi connectivity index (χ0n) is 18.8. The lowest BCUT2D eigenvalue weighted by atomic mass is 9.62. The molecule has 8 heteroatoms. The molecule has 2 bridgehead atoms. The van der Waals surface area contributed by atoms with E-state index in [1.807, 2.05) is 27.7 Å². The monoisotopic (exact) mass is 438 g/mol. The van der Waals surface area contributed by atoms with E-state index in [0.717, 1.165) is 6.42 Å². The van der Waals surface area contributed by atoms with Crippen LogP contribution in [0.25, 0.3) is 0 Å². The number of ether oxygens (including phenoxy) is 2. The topological polar surface area (TPSA) is 127 Å². The lowest BCUT2D eigenvalue weighted by Gasteiger charge is -2.50. The Kier molecular flexibility index (Phi) is 7.89. The fourth-order valence-electron chi connectivity index (χ4n) is 5.90. The molecular formula is C23H34O8. The van der Waals surface area contributed by atoms with Crippen molar-refractivity contribution in [2.75, 3.05) is 0 Å². The Morgan fingerprint density at radius 3 is 1.32 bits per heavy atom. The predicted molar refractivity (Wildman–Crippen MR) is 111 cm³/mol. The molecule has 1 fully saturated rings. The lowest BCUT2D eigenvalue weighted by Crippen LogP contribution is -2.55. The third-order valence-corrected chi connectivity index (χ3v) is 7.29. The Balaban J connectivity index is 2.47. The van der Waals surface area contributed by atoms with Gasteiger partial charge in [0.05, 0.1) is 0 Å². The second kappa shape index (κ2) is 9.83. The van der Waals surface area contributed by atoms with E-state index >= 15 is 0 Å². The molecule has 0 spiro atoms. The molecule has 2 rings (SSSR count). The van der Waals surface area contributed by atoms with Crippen LogP contribution in [0, 0.1) is 23.7 Å². The van der Waals surface area contributed by atoms with E-state index in [9.17, 15) is 19.2 Å². The molecule has 2 aliphatic carbocycles. The number of hydrogen-bond donors (Lipinski definition) is 2. The third-order valence-electron chi connectivity index (χ3n) is 7.29. The van der Waals surface area contributed by atoms with Gasteiger partial charge in [-0.3, -0.25) is 19.2 Å². The van der Waals surface area contributed by atoms with Crippen molar-refractivity contribution in [3.05, 3.63) is 12.2 Å². The maximum Gasteiger partial charge on any atom is 0.317 e. The van der Waals surface area contributed by atoms with Crippen molar-refractivity contribution in [3.63, 3.8) is 0 Å². The number of esters is 2. The van der Waals surface area contributed by atoms with Gasteiger partial charge in [0.1, 0.15) is 24.0 Å². The SMILES string of the molecule is CCC(CC)(OC(=O)CC(=O)O)C1C2C=CC(C2)C1C(CC)(CC)OC(=O)CC(=O)O. The molecule has 0 aromatic heterocycles. The summed E-state index contributed by atoms with van der Waals surface area (Å²) in [6.07, 6.45) is 5.66. The van der Waals surface area contributed by atoms with E-state index in [1.165, 1.54) is 0 Å². The summed E-state index contributed by atoms with van der Waals surface area (Å²) in [4.78, 5) is 46.8. The van der Waals surface area contributed by atoms with Crippen molar-refractivity contribution in [1.82, 2.24) is 0 Å². The second-order valence-electron chi connectivity index (χ2n) is 8.63. The molecule has 174 valence electrons. The van der Waals surface area contributed by atoms with Gasteiger partial charge in [0.2, 0.25) is 0 Å². The number of carbonyl (C=O) groups excluding carboxylic acids is 2. The average molecular weight is 439 g/mol. The average Bonchev–Trinajstić information content (AvgIpc) is 3.31.